The molecule has 4 heteroatoms. The predicted molar refractivity (Wildman–Crippen MR) is 106 cm³/mol. The standard InChI is InChI=1S/C22H27NO3/c1-5-6-7-8-10-22(2,3)15-12-18(25-4)20-17-14-23-11-9-16(17)21(24)26-19(20)13-15/h9,11-14H,5-8,10H2,1-4H3. The molecule has 0 radical (unpaired) electrons. The van der Waals surface area contributed by atoms with Crippen molar-refractivity contribution >= 4 is 21.7 Å². The fourth-order valence-electron chi connectivity index (χ4n) is 3.55. The van der Waals surface area contributed by atoms with Crippen molar-refractivity contribution in [1.82, 2.24) is 4.98 Å². The summed E-state index contributed by atoms with van der Waals surface area (Å²) in [6.45, 7) is 6.70. The van der Waals surface area contributed by atoms with Gasteiger partial charge in [-0.05, 0) is 35.6 Å². The summed E-state index contributed by atoms with van der Waals surface area (Å²) in [5.74, 6) is 0.723. The van der Waals surface area contributed by atoms with Crippen molar-refractivity contribution in [2.24, 2.45) is 0 Å². The molecule has 4 nitrogen and oxygen atoms in total. The van der Waals surface area contributed by atoms with Gasteiger partial charge in [-0.2, -0.15) is 0 Å². The molecule has 0 N–H and O–H groups in total. The van der Waals surface area contributed by atoms with E-state index in [-0.39, 0.29) is 11.0 Å². The fourth-order valence-corrected chi connectivity index (χ4v) is 3.55. The highest BCUT2D eigenvalue weighted by Gasteiger charge is 2.23. The zero-order valence-electron chi connectivity index (χ0n) is 16.1. The lowest BCUT2D eigenvalue weighted by Gasteiger charge is -2.26. The molecule has 1 aromatic carbocycles. The molecule has 0 aliphatic heterocycles. The first kappa shape index (κ1) is 18.4. The second-order valence-electron chi connectivity index (χ2n) is 7.56. The summed E-state index contributed by atoms with van der Waals surface area (Å²) in [6.07, 6.45) is 9.32. The van der Waals surface area contributed by atoms with E-state index in [0.29, 0.717) is 11.0 Å². The lowest BCUT2D eigenvalue weighted by atomic mass is 9.79. The first-order valence-corrected chi connectivity index (χ1v) is 9.37. The Morgan fingerprint density at radius 3 is 2.69 bits per heavy atom. The number of ether oxygens (including phenoxy) is 1. The quantitative estimate of drug-likeness (QED) is 0.315. The maximum atomic E-state index is 12.4. The van der Waals surface area contributed by atoms with Crippen LogP contribution in [0.25, 0.3) is 21.7 Å². The number of hydrogen-bond acceptors (Lipinski definition) is 4. The highest BCUT2D eigenvalue weighted by atomic mass is 16.5. The molecule has 2 aromatic heterocycles. The van der Waals surface area contributed by atoms with Gasteiger partial charge in [0.05, 0.1) is 17.9 Å². The van der Waals surface area contributed by atoms with Crippen LogP contribution < -0.4 is 10.4 Å². The third-order valence-electron chi connectivity index (χ3n) is 5.24. The van der Waals surface area contributed by atoms with Crippen LogP contribution in [0.1, 0.15) is 58.4 Å². The van der Waals surface area contributed by atoms with Crippen molar-refractivity contribution in [1.29, 1.82) is 0 Å². The second kappa shape index (κ2) is 7.48. The van der Waals surface area contributed by atoms with Gasteiger partial charge >= 0.3 is 5.63 Å². The average molecular weight is 353 g/mol. The summed E-state index contributed by atoms with van der Waals surface area (Å²) in [7, 11) is 1.65. The monoisotopic (exact) mass is 353 g/mol. The summed E-state index contributed by atoms with van der Waals surface area (Å²) >= 11 is 0. The number of rotatable bonds is 7. The Labute approximate surface area is 154 Å². The van der Waals surface area contributed by atoms with E-state index >= 15 is 0 Å². The molecule has 3 rings (SSSR count). The van der Waals surface area contributed by atoms with E-state index in [1.165, 1.54) is 25.7 Å². The highest BCUT2D eigenvalue weighted by molar-refractivity contribution is 6.07. The maximum Gasteiger partial charge on any atom is 0.344 e. The van der Waals surface area contributed by atoms with Crippen LogP contribution in [0.3, 0.4) is 0 Å². The molecule has 0 saturated heterocycles. The topological polar surface area (TPSA) is 52.3 Å². The Balaban J connectivity index is 2.12. The van der Waals surface area contributed by atoms with Gasteiger partial charge in [-0.1, -0.05) is 46.5 Å². The van der Waals surface area contributed by atoms with Crippen molar-refractivity contribution in [3.8, 4) is 5.75 Å². The van der Waals surface area contributed by atoms with Gasteiger partial charge in [0, 0.05) is 17.8 Å². The highest BCUT2D eigenvalue weighted by Crippen LogP contribution is 2.38. The van der Waals surface area contributed by atoms with Crippen molar-refractivity contribution in [2.45, 2.75) is 58.3 Å². The molecule has 0 bridgehead atoms. The fraction of sp³-hybridized carbons (Fsp3) is 0.455. The second-order valence-corrected chi connectivity index (χ2v) is 7.56. The molecule has 0 aliphatic rings. The number of hydrogen-bond donors (Lipinski definition) is 0. The van der Waals surface area contributed by atoms with Crippen LogP contribution in [-0.2, 0) is 5.41 Å². The van der Waals surface area contributed by atoms with E-state index in [1.54, 1.807) is 25.6 Å². The Bertz CT molecular complexity index is 972. The molecular formula is C22H27NO3. The van der Waals surface area contributed by atoms with Crippen molar-refractivity contribution < 1.29 is 9.15 Å². The number of unbranched alkanes of at least 4 members (excludes halogenated alkanes) is 3. The lowest BCUT2D eigenvalue weighted by Crippen LogP contribution is -2.17. The first-order valence-electron chi connectivity index (χ1n) is 9.37. The van der Waals surface area contributed by atoms with Gasteiger partial charge in [-0.3, -0.25) is 4.98 Å². The minimum atomic E-state index is -0.338. The van der Waals surface area contributed by atoms with Crippen molar-refractivity contribution in [3.05, 3.63) is 46.6 Å². The molecule has 0 amide bonds. The molecule has 138 valence electrons. The molecule has 0 fully saturated rings. The molecule has 0 saturated carbocycles. The van der Waals surface area contributed by atoms with Crippen LogP contribution in [0, 0.1) is 0 Å². The molecular weight excluding hydrogens is 326 g/mol. The van der Waals surface area contributed by atoms with Gasteiger partial charge < -0.3 is 9.15 Å². The number of methoxy groups -OCH3 is 1. The van der Waals surface area contributed by atoms with E-state index in [2.05, 4.69) is 31.8 Å². The summed E-state index contributed by atoms with van der Waals surface area (Å²) in [5, 5.41) is 2.10. The van der Waals surface area contributed by atoms with Crippen LogP contribution in [0.4, 0.5) is 0 Å². The summed E-state index contributed by atoms with van der Waals surface area (Å²) < 4.78 is 11.3. The number of nitrogens with zero attached hydrogens (tertiary/aromatic N) is 1. The third-order valence-corrected chi connectivity index (χ3v) is 5.24. The largest absolute Gasteiger partial charge is 0.496 e. The molecule has 26 heavy (non-hydrogen) atoms. The van der Waals surface area contributed by atoms with Crippen LogP contribution in [0.15, 0.2) is 39.8 Å². The van der Waals surface area contributed by atoms with Gasteiger partial charge in [-0.25, -0.2) is 4.79 Å². The molecule has 0 atom stereocenters. The van der Waals surface area contributed by atoms with E-state index < -0.39 is 0 Å². The number of pyridine rings is 1. The normalized spacial score (nSPS) is 12.0. The average Bonchev–Trinajstić information content (AvgIpc) is 2.64. The Morgan fingerprint density at radius 1 is 1.15 bits per heavy atom. The zero-order valence-corrected chi connectivity index (χ0v) is 16.1. The van der Waals surface area contributed by atoms with Gasteiger partial charge in [0.1, 0.15) is 11.3 Å². The van der Waals surface area contributed by atoms with Gasteiger partial charge in [-0.15, -0.1) is 0 Å². The predicted octanol–water partition coefficient (Wildman–Crippen LogP) is 5.60. The molecule has 3 aromatic rings. The summed E-state index contributed by atoms with van der Waals surface area (Å²) in [6, 6.07) is 5.76. The summed E-state index contributed by atoms with van der Waals surface area (Å²) in [5.41, 5.74) is 1.34. The SMILES string of the molecule is CCCCCCC(C)(C)c1cc(OC)c2c(c1)oc(=O)c1ccncc12. The maximum absolute atomic E-state index is 12.4. The Morgan fingerprint density at radius 2 is 1.96 bits per heavy atom. The summed E-state index contributed by atoms with van der Waals surface area (Å²) in [4.78, 5) is 16.5. The Kier molecular flexibility index (Phi) is 5.30. The van der Waals surface area contributed by atoms with Gasteiger partial charge in [0.15, 0.2) is 0 Å². The van der Waals surface area contributed by atoms with Crippen LogP contribution in [0.5, 0.6) is 5.75 Å². The molecule has 2 heterocycles. The number of aromatic nitrogens is 1. The minimum Gasteiger partial charge on any atom is -0.496 e. The van der Waals surface area contributed by atoms with Crippen LogP contribution in [0.2, 0.25) is 0 Å². The Hall–Kier alpha value is -2.36. The van der Waals surface area contributed by atoms with E-state index in [9.17, 15) is 4.79 Å². The van der Waals surface area contributed by atoms with E-state index in [4.69, 9.17) is 9.15 Å². The zero-order chi connectivity index (χ0) is 18.7. The first-order chi connectivity index (χ1) is 12.5. The van der Waals surface area contributed by atoms with Crippen LogP contribution >= 0.6 is 0 Å². The van der Waals surface area contributed by atoms with Gasteiger partial charge in [0.25, 0.3) is 0 Å². The minimum absolute atomic E-state index is 0.0162. The van der Waals surface area contributed by atoms with Crippen LogP contribution in [-0.4, -0.2) is 12.1 Å². The van der Waals surface area contributed by atoms with Crippen molar-refractivity contribution in [2.75, 3.05) is 7.11 Å². The van der Waals surface area contributed by atoms with Gasteiger partial charge in [0.2, 0.25) is 0 Å². The third kappa shape index (κ3) is 3.46. The number of benzene rings is 1. The number of fused-ring (bicyclic) bond motifs is 3. The molecule has 0 spiro atoms. The van der Waals surface area contributed by atoms with E-state index in [1.807, 2.05) is 6.07 Å². The van der Waals surface area contributed by atoms with E-state index in [0.717, 1.165) is 28.5 Å². The smallest absolute Gasteiger partial charge is 0.344 e. The molecule has 0 aliphatic carbocycles. The lowest BCUT2D eigenvalue weighted by molar-refractivity contribution is 0.411. The molecule has 0 unspecified atom stereocenters. The van der Waals surface area contributed by atoms with Crippen molar-refractivity contribution in [3.63, 3.8) is 0 Å².